The minimum atomic E-state index is -4.15. The lowest BCUT2D eigenvalue weighted by molar-refractivity contribution is -0.119. The number of ether oxygens (including phenoxy) is 1. The van der Waals surface area contributed by atoms with Gasteiger partial charge in [-0.05, 0) is 88.7 Å². The summed E-state index contributed by atoms with van der Waals surface area (Å²) in [4.78, 5) is 13.1. The summed E-state index contributed by atoms with van der Waals surface area (Å²) in [5.74, 6) is -0.282. The van der Waals surface area contributed by atoms with Gasteiger partial charge in [0.2, 0.25) is 0 Å². The van der Waals surface area contributed by atoms with Crippen molar-refractivity contribution < 1.29 is 17.9 Å². The predicted molar refractivity (Wildman–Crippen MR) is 164 cm³/mol. The van der Waals surface area contributed by atoms with Gasteiger partial charge >= 0.3 is 0 Å². The molecule has 0 radical (unpaired) electrons. The van der Waals surface area contributed by atoms with E-state index in [-0.39, 0.29) is 10.6 Å². The highest BCUT2D eigenvalue weighted by atomic mass is 35.5. The van der Waals surface area contributed by atoms with Gasteiger partial charge in [0, 0.05) is 27.7 Å². The van der Waals surface area contributed by atoms with E-state index in [1.807, 2.05) is 19.9 Å². The lowest BCUT2D eigenvalue weighted by Gasteiger charge is -2.25. The molecule has 8 nitrogen and oxygen atoms in total. The van der Waals surface area contributed by atoms with E-state index >= 15 is 0 Å². The van der Waals surface area contributed by atoms with Gasteiger partial charge in [-0.3, -0.25) is 9.10 Å². The number of hydrogen-bond donors (Lipinski definition) is 1. The van der Waals surface area contributed by atoms with Gasteiger partial charge in [-0.15, -0.1) is 0 Å². The molecular formula is C31H33ClN4O4S. The van der Waals surface area contributed by atoms with Gasteiger partial charge in [-0.2, -0.15) is 5.10 Å². The predicted octanol–water partition coefficient (Wildman–Crippen LogP) is 6.11. The second kappa shape index (κ2) is 12.6. The molecule has 1 amide bonds. The molecule has 0 bridgehead atoms. The van der Waals surface area contributed by atoms with Crippen LogP contribution in [0.1, 0.15) is 35.0 Å². The molecule has 0 aliphatic heterocycles. The Morgan fingerprint density at radius 1 is 1.02 bits per heavy atom. The van der Waals surface area contributed by atoms with Gasteiger partial charge in [0.15, 0.2) is 0 Å². The number of rotatable bonds is 10. The van der Waals surface area contributed by atoms with Crippen LogP contribution in [0.4, 0.5) is 5.69 Å². The number of nitrogens with one attached hydrogen (secondary N) is 1. The van der Waals surface area contributed by atoms with Gasteiger partial charge in [-0.25, -0.2) is 13.8 Å². The first-order valence-corrected chi connectivity index (χ1v) is 14.9. The fourth-order valence-corrected chi connectivity index (χ4v) is 6.22. The number of aromatic nitrogens is 1. The van der Waals surface area contributed by atoms with Crippen LogP contribution < -0.4 is 14.5 Å². The Hall–Kier alpha value is -4.08. The van der Waals surface area contributed by atoms with E-state index < -0.39 is 22.5 Å². The summed E-state index contributed by atoms with van der Waals surface area (Å²) in [5.41, 5.74) is 8.95. The molecular weight excluding hydrogens is 560 g/mol. The van der Waals surface area contributed by atoms with Crippen LogP contribution in [0.2, 0.25) is 5.02 Å². The van der Waals surface area contributed by atoms with Gasteiger partial charge < -0.3 is 9.30 Å². The molecule has 41 heavy (non-hydrogen) atoms. The molecule has 0 saturated heterocycles. The lowest BCUT2D eigenvalue weighted by Crippen LogP contribution is -2.39. The van der Waals surface area contributed by atoms with E-state index in [2.05, 4.69) is 47.1 Å². The number of carbonyl (C=O) groups is 1. The van der Waals surface area contributed by atoms with E-state index in [0.717, 1.165) is 32.5 Å². The number of carbonyl (C=O) groups excluding carboxylic acids is 1. The smallest absolute Gasteiger partial charge is 0.264 e. The van der Waals surface area contributed by atoms with Crippen molar-refractivity contribution in [3.63, 3.8) is 0 Å². The first kappa shape index (κ1) is 29.9. The molecule has 1 aromatic heterocycles. The summed E-state index contributed by atoms with van der Waals surface area (Å²) in [5, 5.41) is 4.55. The van der Waals surface area contributed by atoms with Gasteiger partial charge in [-0.1, -0.05) is 41.4 Å². The van der Waals surface area contributed by atoms with Crippen molar-refractivity contribution in [3.8, 4) is 11.4 Å². The Bertz CT molecular complexity index is 1700. The minimum Gasteiger partial charge on any atom is -0.492 e. The Kier molecular flexibility index (Phi) is 9.20. The van der Waals surface area contributed by atoms with Crippen molar-refractivity contribution in [1.82, 2.24) is 9.99 Å². The van der Waals surface area contributed by atoms with Crippen LogP contribution in [0.15, 0.2) is 82.8 Å². The summed E-state index contributed by atoms with van der Waals surface area (Å²) in [7, 11) is -4.15. The standard InChI is InChI=1S/C31H33ClN4O4S/c1-6-40-30-10-8-7-9-29(30)35(41(38,39)27-14-12-26(32)13-15-27)20-31(37)34-33-19-25-18-23(4)36(24(25)5)28-16-11-21(2)17-22(28)3/h7-19H,6,20H2,1-5H3,(H,34,37)/b33-19-. The van der Waals surface area contributed by atoms with Crippen molar-refractivity contribution in [2.45, 2.75) is 39.5 Å². The molecule has 1 N–H and O–H groups in total. The second-order valence-electron chi connectivity index (χ2n) is 9.61. The summed E-state index contributed by atoms with van der Waals surface area (Å²) in [6, 6.07) is 20.7. The van der Waals surface area contributed by atoms with Crippen LogP contribution >= 0.6 is 11.6 Å². The molecule has 0 aliphatic rings. The number of sulfonamides is 1. The first-order valence-electron chi connectivity index (χ1n) is 13.1. The molecule has 1 heterocycles. The number of amides is 1. The highest BCUT2D eigenvalue weighted by Gasteiger charge is 2.29. The fourth-order valence-electron chi connectivity index (χ4n) is 4.66. The summed E-state index contributed by atoms with van der Waals surface area (Å²) < 4.78 is 36.2. The molecule has 0 saturated carbocycles. The first-order chi connectivity index (χ1) is 19.5. The number of nitrogens with zero attached hydrogens (tertiary/aromatic N) is 3. The maximum absolute atomic E-state index is 13.7. The quantitative estimate of drug-likeness (QED) is 0.178. The molecule has 0 fully saturated rings. The zero-order valence-electron chi connectivity index (χ0n) is 23.7. The summed E-state index contributed by atoms with van der Waals surface area (Å²) in [6.07, 6.45) is 1.56. The zero-order chi connectivity index (χ0) is 29.7. The van der Waals surface area contributed by atoms with Crippen LogP contribution in [0.5, 0.6) is 5.75 Å². The van der Waals surface area contributed by atoms with Crippen molar-refractivity contribution in [3.05, 3.63) is 106 Å². The van der Waals surface area contributed by atoms with Crippen LogP contribution in [0.3, 0.4) is 0 Å². The molecule has 0 aliphatic carbocycles. The summed E-state index contributed by atoms with van der Waals surface area (Å²) in [6.45, 7) is 9.73. The minimum absolute atomic E-state index is 0.0108. The van der Waals surface area contributed by atoms with E-state index in [1.54, 1.807) is 37.4 Å². The average Bonchev–Trinajstić information content (AvgIpc) is 3.20. The Morgan fingerprint density at radius 2 is 1.73 bits per heavy atom. The highest BCUT2D eigenvalue weighted by Crippen LogP contribution is 2.32. The largest absolute Gasteiger partial charge is 0.492 e. The molecule has 0 spiro atoms. The number of benzene rings is 3. The number of anilines is 1. The van der Waals surface area contributed by atoms with E-state index in [1.165, 1.54) is 29.8 Å². The Labute approximate surface area is 246 Å². The van der Waals surface area contributed by atoms with Crippen LogP contribution in [-0.4, -0.2) is 38.3 Å². The van der Waals surface area contributed by atoms with Crippen molar-refractivity contribution >= 4 is 39.4 Å². The van der Waals surface area contributed by atoms with E-state index in [9.17, 15) is 13.2 Å². The third-order valence-corrected chi connectivity index (χ3v) is 8.60. The van der Waals surface area contributed by atoms with Gasteiger partial charge in [0.1, 0.15) is 12.3 Å². The van der Waals surface area contributed by atoms with Crippen LogP contribution in [0.25, 0.3) is 5.69 Å². The average molecular weight is 593 g/mol. The molecule has 4 aromatic rings. The van der Waals surface area contributed by atoms with E-state index in [0.29, 0.717) is 17.4 Å². The summed E-state index contributed by atoms with van der Waals surface area (Å²) >= 11 is 5.98. The monoisotopic (exact) mass is 592 g/mol. The van der Waals surface area contributed by atoms with Crippen molar-refractivity contribution in [1.29, 1.82) is 0 Å². The molecule has 3 aromatic carbocycles. The number of hydrogen-bond acceptors (Lipinski definition) is 5. The molecule has 214 valence electrons. The van der Waals surface area contributed by atoms with Gasteiger partial charge in [0.05, 0.1) is 23.4 Å². The van der Waals surface area contributed by atoms with Gasteiger partial charge in [0.25, 0.3) is 15.9 Å². The number of aryl methyl sites for hydroxylation is 3. The molecule has 0 unspecified atom stereocenters. The van der Waals surface area contributed by atoms with Crippen molar-refractivity contribution in [2.24, 2.45) is 5.10 Å². The normalized spacial score (nSPS) is 11.6. The molecule has 10 heteroatoms. The lowest BCUT2D eigenvalue weighted by atomic mass is 10.1. The Balaban J connectivity index is 1.60. The second-order valence-corrected chi connectivity index (χ2v) is 11.9. The maximum atomic E-state index is 13.7. The van der Waals surface area contributed by atoms with E-state index in [4.69, 9.17) is 16.3 Å². The van der Waals surface area contributed by atoms with Crippen molar-refractivity contribution in [2.75, 3.05) is 17.5 Å². The zero-order valence-corrected chi connectivity index (χ0v) is 25.3. The van der Waals surface area contributed by atoms with Crippen LogP contribution in [-0.2, 0) is 14.8 Å². The SMILES string of the molecule is CCOc1ccccc1N(CC(=O)N/N=C\c1cc(C)n(-c2ccc(C)cc2C)c1C)S(=O)(=O)c1ccc(Cl)cc1. The maximum Gasteiger partial charge on any atom is 0.264 e. The highest BCUT2D eigenvalue weighted by molar-refractivity contribution is 7.92. The third-order valence-electron chi connectivity index (χ3n) is 6.58. The third kappa shape index (κ3) is 6.64. The number of halogens is 1. The molecule has 0 atom stereocenters. The molecule has 4 rings (SSSR count). The van der Waals surface area contributed by atoms with Crippen LogP contribution in [0, 0.1) is 27.7 Å². The Morgan fingerprint density at radius 3 is 2.41 bits per heavy atom. The number of hydrazone groups is 1. The number of para-hydroxylation sites is 2. The fraction of sp³-hybridized carbons (Fsp3) is 0.226. The topological polar surface area (TPSA) is 93.0 Å².